The molecule has 0 aliphatic carbocycles. The van der Waals surface area contributed by atoms with E-state index in [2.05, 4.69) is 10.3 Å². The topological polar surface area (TPSA) is 67.5 Å². The highest BCUT2D eigenvalue weighted by Crippen LogP contribution is 2.11. The van der Waals surface area contributed by atoms with Crippen molar-refractivity contribution in [3.63, 3.8) is 0 Å². The van der Waals surface area contributed by atoms with Gasteiger partial charge in [-0.3, -0.25) is 0 Å². The number of aliphatic hydroxyl groups excluding tert-OH is 1. The van der Waals surface area contributed by atoms with Crippen molar-refractivity contribution in [3.8, 4) is 5.75 Å². The van der Waals surface area contributed by atoms with Gasteiger partial charge in [0.1, 0.15) is 30.0 Å². The summed E-state index contributed by atoms with van der Waals surface area (Å²) in [6, 6.07) is 5.67. The monoisotopic (exact) mass is 294 g/mol. The third-order valence-corrected chi connectivity index (χ3v) is 2.99. The van der Waals surface area contributed by atoms with Crippen LogP contribution in [0.15, 0.2) is 28.7 Å². The quantitative estimate of drug-likeness (QED) is 0.817. The largest absolute Gasteiger partial charge is 0.491 e. The number of rotatable bonds is 7. The van der Waals surface area contributed by atoms with Crippen LogP contribution in [0.2, 0.25) is 0 Å². The first-order chi connectivity index (χ1) is 10.0. The molecule has 0 aliphatic heterocycles. The van der Waals surface area contributed by atoms with Crippen molar-refractivity contribution in [1.29, 1.82) is 0 Å². The van der Waals surface area contributed by atoms with Crippen molar-refractivity contribution in [2.45, 2.75) is 26.5 Å². The lowest BCUT2D eigenvalue weighted by atomic mass is 10.3. The van der Waals surface area contributed by atoms with E-state index in [4.69, 9.17) is 9.15 Å². The van der Waals surface area contributed by atoms with Crippen LogP contribution in [0.3, 0.4) is 0 Å². The number of benzene rings is 1. The number of ether oxygens (including phenoxy) is 1. The second-order valence-electron chi connectivity index (χ2n) is 4.80. The van der Waals surface area contributed by atoms with Gasteiger partial charge >= 0.3 is 0 Å². The van der Waals surface area contributed by atoms with Gasteiger partial charge in [-0.25, -0.2) is 9.37 Å². The van der Waals surface area contributed by atoms with Crippen molar-refractivity contribution >= 4 is 0 Å². The average molecular weight is 294 g/mol. The molecule has 2 N–H and O–H groups in total. The van der Waals surface area contributed by atoms with Gasteiger partial charge in [-0.1, -0.05) is 0 Å². The van der Waals surface area contributed by atoms with Gasteiger partial charge in [0.05, 0.1) is 12.2 Å². The van der Waals surface area contributed by atoms with E-state index in [0.29, 0.717) is 24.7 Å². The van der Waals surface area contributed by atoms with Gasteiger partial charge < -0.3 is 19.6 Å². The van der Waals surface area contributed by atoms with E-state index in [1.54, 1.807) is 0 Å². The molecule has 0 spiro atoms. The molecular formula is C15H19FN2O3. The second-order valence-corrected chi connectivity index (χ2v) is 4.80. The van der Waals surface area contributed by atoms with Gasteiger partial charge in [0.25, 0.3) is 0 Å². The summed E-state index contributed by atoms with van der Waals surface area (Å²) in [5.74, 6) is 1.60. The lowest BCUT2D eigenvalue weighted by Crippen LogP contribution is -2.31. The minimum absolute atomic E-state index is 0.127. The molecule has 0 aliphatic rings. The molecule has 1 aromatic carbocycles. The molecule has 1 heterocycles. The van der Waals surface area contributed by atoms with Crippen molar-refractivity contribution in [2.75, 3.05) is 13.2 Å². The third kappa shape index (κ3) is 4.84. The van der Waals surface area contributed by atoms with E-state index < -0.39 is 6.10 Å². The van der Waals surface area contributed by atoms with Crippen LogP contribution in [-0.4, -0.2) is 29.3 Å². The molecule has 1 aromatic heterocycles. The van der Waals surface area contributed by atoms with E-state index >= 15 is 0 Å². The van der Waals surface area contributed by atoms with Crippen LogP contribution in [0.5, 0.6) is 5.75 Å². The van der Waals surface area contributed by atoms with Gasteiger partial charge in [-0.05, 0) is 38.1 Å². The second kappa shape index (κ2) is 7.19. The lowest BCUT2D eigenvalue weighted by molar-refractivity contribution is 0.105. The molecule has 1 atom stereocenters. The number of halogens is 1. The molecule has 0 amide bonds. The molecule has 1 unspecified atom stereocenters. The Kier molecular flexibility index (Phi) is 5.30. The van der Waals surface area contributed by atoms with Gasteiger partial charge in [0.15, 0.2) is 0 Å². The van der Waals surface area contributed by atoms with Gasteiger partial charge in [0.2, 0.25) is 5.89 Å². The van der Waals surface area contributed by atoms with E-state index in [0.717, 1.165) is 11.5 Å². The fraction of sp³-hybridized carbons (Fsp3) is 0.400. The number of aryl methyl sites for hydroxylation is 2. The fourth-order valence-corrected chi connectivity index (χ4v) is 1.74. The maximum Gasteiger partial charge on any atom is 0.208 e. The number of aromatic nitrogens is 1. The Labute approximate surface area is 122 Å². The maximum absolute atomic E-state index is 12.7. The number of nitrogens with one attached hydrogen (secondary N) is 1. The third-order valence-electron chi connectivity index (χ3n) is 2.99. The van der Waals surface area contributed by atoms with Crippen LogP contribution >= 0.6 is 0 Å². The number of hydrogen-bond donors (Lipinski definition) is 2. The molecule has 6 heteroatoms. The Bertz CT molecular complexity index is 549. The van der Waals surface area contributed by atoms with Gasteiger partial charge in [0, 0.05) is 6.54 Å². The Morgan fingerprint density at radius 3 is 2.67 bits per heavy atom. The summed E-state index contributed by atoms with van der Waals surface area (Å²) in [5, 5.41) is 12.8. The summed E-state index contributed by atoms with van der Waals surface area (Å²) in [6.07, 6.45) is -0.674. The first-order valence-electron chi connectivity index (χ1n) is 6.74. The highest BCUT2D eigenvalue weighted by molar-refractivity contribution is 5.22. The summed E-state index contributed by atoms with van der Waals surface area (Å²) >= 11 is 0. The maximum atomic E-state index is 12.7. The predicted octanol–water partition coefficient (Wildman–Crippen LogP) is 1.96. The Balaban J connectivity index is 1.67. The Hall–Kier alpha value is -1.92. The van der Waals surface area contributed by atoms with Gasteiger partial charge in [-0.2, -0.15) is 0 Å². The van der Waals surface area contributed by atoms with Crippen LogP contribution in [-0.2, 0) is 6.54 Å². The van der Waals surface area contributed by atoms with Gasteiger partial charge in [-0.15, -0.1) is 0 Å². The molecule has 0 saturated heterocycles. The smallest absolute Gasteiger partial charge is 0.208 e. The molecule has 2 aromatic rings. The zero-order valence-electron chi connectivity index (χ0n) is 12.1. The van der Waals surface area contributed by atoms with E-state index in [1.807, 2.05) is 13.8 Å². The molecule has 5 nitrogen and oxygen atoms in total. The summed E-state index contributed by atoms with van der Waals surface area (Å²) < 4.78 is 23.5. The first kappa shape index (κ1) is 15.5. The molecule has 114 valence electrons. The van der Waals surface area contributed by atoms with Crippen LogP contribution < -0.4 is 10.1 Å². The molecule has 0 fully saturated rings. The molecule has 0 saturated carbocycles. The zero-order chi connectivity index (χ0) is 15.2. The van der Waals surface area contributed by atoms with E-state index in [-0.39, 0.29) is 12.4 Å². The molecule has 0 radical (unpaired) electrons. The minimum atomic E-state index is -0.674. The van der Waals surface area contributed by atoms with Crippen molar-refractivity contribution < 1.29 is 18.7 Å². The standard InChI is InChI=1S/C15H19FN2O3/c1-10-11(2)21-15(18-10)8-17-7-13(19)9-20-14-5-3-12(16)4-6-14/h3-6,13,17,19H,7-9H2,1-2H3. The normalized spacial score (nSPS) is 12.4. The Morgan fingerprint density at radius 2 is 2.05 bits per heavy atom. The highest BCUT2D eigenvalue weighted by Gasteiger charge is 2.08. The summed E-state index contributed by atoms with van der Waals surface area (Å²) in [7, 11) is 0. The first-order valence-corrected chi connectivity index (χ1v) is 6.74. The summed E-state index contributed by atoms with van der Waals surface area (Å²) in [4.78, 5) is 4.23. The summed E-state index contributed by atoms with van der Waals surface area (Å²) in [6.45, 7) is 4.66. The number of hydrogen-bond acceptors (Lipinski definition) is 5. The average Bonchev–Trinajstić information content (AvgIpc) is 2.77. The number of oxazole rings is 1. The molecule has 2 rings (SSSR count). The van der Waals surface area contributed by atoms with E-state index in [9.17, 15) is 9.50 Å². The molecular weight excluding hydrogens is 275 g/mol. The van der Waals surface area contributed by atoms with Crippen molar-refractivity contribution in [2.24, 2.45) is 0 Å². The van der Waals surface area contributed by atoms with Crippen LogP contribution in [0, 0.1) is 19.7 Å². The fourth-order valence-electron chi connectivity index (χ4n) is 1.74. The van der Waals surface area contributed by atoms with E-state index in [1.165, 1.54) is 24.3 Å². The molecule has 21 heavy (non-hydrogen) atoms. The number of nitrogens with zero attached hydrogens (tertiary/aromatic N) is 1. The Morgan fingerprint density at radius 1 is 1.33 bits per heavy atom. The number of aliphatic hydroxyl groups is 1. The minimum Gasteiger partial charge on any atom is -0.491 e. The lowest BCUT2D eigenvalue weighted by Gasteiger charge is -2.12. The van der Waals surface area contributed by atoms with Crippen LogP contribution in [0.1, 0.15) is 17.3 Å². The highest BCUT2D eigenvalue weighted by atomic mass is 19.1. The molecule has 0 bridgehead atoms. The summed E-state index contributed by atoms with van der Waals surface area (Å²) in [5.41, 5.74) is 0.868. The zero-order valence-corrected chi connectivity index (χ0v) is 12.1. The SMILES string of the molecule is Cc1nc(CNCC(O)COc2ccc(F)cc2)oc1C. The van der Waals surface area contributed by atoms with Crippen LogP contribution in [0.4, 0.5) is 4.39 Å². The van der Waals surface area contributed by atoms with Crippen LogP contribution in [0.25, 0.3) is 0 Å². The predicted molar refractivity (Wildman–Crippen MR) is 75.6 cm³/mol. The van der Waals surface area contributed by atoms with Crippen molar-refractivity contribution in [3.05, 3.63) is 47.4 Å². The van der Waals surface area contributed by atoms with Crippen molar-refractivity contribution in [1.82, 2.24) is 10.3 Å².